The van der Waals surface area contributed by atoms with Crippen molar-refractivity contribution in [2.45, 2.75) is 31.3 Å². The van der Waals surface area contributed by atoms with E-state index in [-0.39, 0.29) is 0 Å². The van der Waals surface area contributed by atoms with Crippen LogP contribution in [0, 0.1) is 3.57 Å². The highest BCUT2D eigenvalue weighted by Gasteiger charge is 2.35. The molecule has 0 unspecified atom stereocenters. The fraction of sp³-hybridized carbons (Fsp3) is 0.205. The van der Waals surface area contributed by atoms with Crippen molar-refractivity contribution in [1.82, 2.24) is 0 Å². The topological polar surface area (TPSA) is 34.1 Å². The normalized spacial score (nSPS) is 17.4. The SMILES string of the molecule is COc1cc(C=Nc2cc3c4c(c2)[C@H](c2ccccc2)CCN4CC[C@H]3c2ccccc2)cc(I)c1OCc1ccccc1. The molecule has 5 heteroatoms. The minimum Gasteiger partial charge on any atom is -0.493 e. The second-order valence-corrected chi connectivity index (χ2v) is 12.7. The van der Waals surface area contributed by atoms with E-state index in [0.29, 0.717) is 24.2 Å². The first-order valence-corrected chi connectivity index (χ1v) is 16.4. The molecule has 2 aliphatic rings. The van der Waals surface area contributed by atoms with Crippen molar-refractivity contribution in [2.75, 3.05) is 25.1 Å². The van der Waals surface area contributed by atoms with Gasteiger partial charge in [0, 0.05) is 36.8 Å². The Morgan fingerprint density at radius 2 is 1.34 bits per heavy atom. The first kappa shape index (κ1) is 28.7. The fourth-order valence-electron chi connectivity index (χ4n) is 6.75. The average Bonchev–Trinajstić information content (AvgIpc) is 3.08. The van der Waals surface area contributed by atoms with Crippen molar-refractivity contribution in [1.29, 1.82) is 0 Å². The minimum atomic E-state index is 0.355. The van der Waals surface area contributed by atoms with Crippen molar-refractivity contribution < 1.29 is 9.47 Å². The van der Waals surface area contributed by atoms with Crippen LogP contribution in [0.25, 0.3) is 0 Å². The zero-order valence-corrected chi connectivity index (χ0v) is 27.0. The number of nitrogens with zero attached hydrogens (tertiary/aromatic N) is 2. The first-order valence-electron chi connectivity index (χ1n) is 15.3. The monoisotopic (exact) mass is 690 g/mol. The molecule has 2 aliphatic heterocycles. The third kappa shape index (κ3) is 5.85. The predicted octanol–water partition coefficient (Wildman–Crippen LogP) is 9.51. The van der Waals surface area contributed by atoms with Gasteiger partial charge in [-0.3, -0.25) is 4.99 Å². The molecule has 5 aromatic rings. The molecule has 0 aromatic heterocycles. The molecule has 220 valence electrons. The zero-order valence-electron chi connectivity index (χ0n) is 24.8. The first-order chi connectivity index (χ1) is 21.7. The van der Waals surface area contributed by atoms with E-state index in [1.165, 1.54) is 27.9 Å². The number of ether oxygens (including phenoxy) is 2. The lowest BCUT2D eigenvalue weighted by atomic mass is 9.76. The lowest BCUT2D eigenvalue weighted by Gasteiger charge is -2.43. The van der Waals surface area contributed by atoms with E-state index in [9.17, 15) is 0 Å². The molecule has 0 amide bonds. The molecule has 0 spiro atoms. The second kappa shape index (κ2) is 12.9. The smallest absolute Gasteiger partial charge is 0.174 e. The van der Waals surface area contributed by atoms with Gasteiger partial charge in [0.15, 0.2) is 11.5 Å². The van der Waals surface area contributed by atoms with Gasteiger partial charge in [0.2, 0.25) is 0 Å². The third-order valence-electron chi connectivity index (χ3n) is 8.84. The summed E-state index contributed by atoms with van der Waals surface area (Å²) in [6, 6.07) is 40.9. The van der Waals surface area contributed by atoms with Gasteiger partial charge >= 0.3 is 0 Å². The van der Waals surface area contributed by atoms with Crippen molar-refractivity contribution >= 4 is 40.2 Å². The largest absolute Gasteiger partial charge is 0.493 e. The molecule has 0 saturated carbocycles. The third-order valence-corrected chi connectivity index (χ3v) is 9.64. The van der Waals surface area contributed by atoms with Crippen LogP contribution >= 0.6 is 22.6 Å². The highest BCUT2D eigenvalue weighted by atomic mass is 127. The summed E-state index contributed by atoms with van der Waals surface area (Å²) in [7, 11) is 1.69. The number of anilines is 1. The molecule has 0 fully saturated rings. The van der Waals surface area contributed by atoms with Crippen LogP contribution in [0.1, 0.15) is 58.1 Å². The number of methoxy groups -OCH3 is 1. The van der Waals surface area contributed by atoms with E-state index in [1.807, 2.05) is 30.5 Å². The molecule has 7 rings (SSSR count). The van der Waals surface area contributed by atoms with E-state index >= 15 is 0 Å². The Labute approximate surface area is 273 Å². The Hall–Kier alpha value is -4.10. The van der Waals surface area contributed by atoms with E-state index in [1.54, 1.807) is 7.11 Å². The Balaban J connectivity index is 1.26. The summed E-state index contributed by atoms with van der Waals surface area (Å²) < 4.78 is 13.0. The summed E-state index contributed by atoms with van der Waals surface area (Å²) in [6.07, 6.45) is 4.18. The predicted molar refractivity (Wildman–Crippen MR) is 188 cm³/mol. The summed E-state index contributed by atoms with van der Waals surface area (Å²) in [5, 5.41) is 0. The van der Waals surface area contributed by atoms with Gasteiger partial charge in [0.05, 0.1) is 16.4 Å². The summed E-state index contributed by atoms with van der Waals surface area (Å²) in [4.78, 5) is 7.70. The zero-order chi connectivity index (χ0) is 29.9. The number of hydrogen-bond donors (Lipinski definition) is 0. The Kier molecular flexibility index (Phi) is 8.38. The van der Waals surface area contributed by atoms with Gasteiger partial charge in [-0.2, -0.15) is 0 Å². The molecule has 0 N–H and O–H groups in total. The molecule has 0 aliphatic carbocycles. The molecule has 0 radical (unpaired) electrons. The summed E-state index contributed by atoms with van der Waals surface area (Å²) >= 11 is 2.33. The van der Waals surface area contributed by atoms with Crippen LogP contribution in [0.5, 0.6) is 11.5 Å². The van der Waals surface area contributed by atoms with Gasteiger partial charge in [-0.15, -0.1) is 0 Å². The van der Waals surface area contributed by atoms with Crippen LogP contribution in [0.15, 0.2) is 120 Å². The molecular weight excluding hydrogens is 655 g/mol. The van der Waals surface area contributed by atoms with Gasteiger partial charge in [-0.1, -0.05) is 91.0 Å². The highest BCUT2D eigenvalue weighted by Crippen LogP contribution is 2.50. The molecule has 2 heterocycles. The maximum atomic E-state index is 6.20. The van der Waals surface area contributed by atoms with Crippen molar-refractivity contribution in [2.24, 2.45) is 4.99 Å². The van der Waals surface area contributed by atoms with E-state index in [2.05, 4.69) is 118 Å². The lowest BCUT2D eigenvalue weighted by molar-refractivity contribution is 0.282. The van der Waals surface area contributed by atoms with Crippen molar-refractivity contribution in [3.63, 3.8) is 0 Å². The average molecular weight is 691 g/mol. The molecule has 2 atom stereocenters. The summed E-state index contributed by atoms with van der Waals surface area (Å²) in [5.41, 5.74) is 10.0. The fourth-order valence-corrected chi connectivity index (χ4v) is 7.53. The van der Waals surface area contributed by atoms with Crippen LogP contribution in [0.3, 0.4) is 0 Å². The molecule has 0 bridgehead atoms. The number of halogens is 1. The maximum Gasteiger partial charge on any atom is 0.174 e. The quantitative estimate of drug-likeness (QED) is 0.120. The van der Waals surface area contributed by atoms with Gasteiger partial charge in [-0.25, -0.2) is 0 Å². The molecule has 0 saturated heterocycles. The van der Waals surface area contributed by atoms with Crippen LogP contribution in [0.2, 0.25) is 0 Å². The molecular formula is C39H35IN2O2. The number of aliphatic imine (C=N–C) groups is 1. The number of benzene rings is 5. The van der Waals surface area contributed by atoms with Crippen LogP contribution in [-0.4, -0.2) is 26.4 Å². The van der Waals surface area contributed by atoms with E-state index in [0.717, 1.165) is 52.1 Å². The molecule has 44 heavy (non-hydrogen) atoms. The standard InChI is InChI=1S/C39H35IN2O2/c1-43-37-22-28(21-36(40)39(37)44-26-27-11-5-2-6-12-27)25-41-31-23-34-32(29-13-7-3-8-14-29)17-19-42-20-18-33(35(24-31)38(34)42)30-15-9-4-10-16-30/h2-16,21-25,32-33H,17-20,26H2,1H3/t32-,33-/m0/s1. The summed E-state index contributed by atoms with van der Waals surface area (Å²) in [6.45, 7) is 2.65. The Morgan fingerprint density at radius 1 is 0.773 bits per heavy atom. The molecule has 5 aromatic carbocycles. The maximum absolute atomic E-state index is 6.20. The van der Waals surface area contributed by atoms with E-state index in [4.69, 9.17) is 14.5 Å². The summed E-state index contributed by atoms with van der Waals surface area (Å²) in [5.74, 6) is 2.17. The van der Waals surface area contributed by atoms with Gasteiger partial charge < -0.3 is 14.4 Å². The van der Waals surface area contributed by atoms with Crippen molar-refractivity contribution in [3.05, 3.63) is 152 Å². The molecule has 4 nitrogen and oxygen atoms in total. The van der Waals surface area contributed by atoms with Gasteiger partial charge in [-0.05, 0) is 93.1 Å². The lowest BCUT2D eigenvalue weighted by Crippen LogP contribution is -2.37. The van der Waals surface area contributed by atoms with Gasteiger partial charge in [0.25, 0.3) is 0 Å². The Bertz CT molecular complexity index is 1700. The van der Waals surface area contributed by atoms with Gasteiger partial charge in [0.1, 0.15) is 6.61 Å². The van der Waals surface area contributed by atoms with Crippen LogP contribution < -0.4 is 14.4 Å². The second-order valence-electron chi connectivity index (χ2n) is 11.5. The number of rotatable bonds is 8. The minimum absolute atomic E-state index is 0.355. The van der Waals surface area contributed by atoms with Crippen LogP contribution in [-0.2, 0) is 6.61 Å². The van der Waals surface area contributed by atoms with Crippen LogP contribution in [0.4, 0.5) is 11.4 Å². The Morgan fingerprint density at radius 3 is 1.91 bits per heavy atom. The highest BCUT2D eigenvalue weighted by molar-refractivity contribution is 14.1. The number of hydrogen-bond acceptors (Lipinski definition) is 4. The van der Waals surface area contributed by atoms with E-state index < -0.39 is 0 Å². The van der Waals surface area contributed by atoms with Crippen molar-refractivity contribution in [3.8, 4) is 11.5 Å².